The second-order valence-electron chi connectivity index (χ2n) is 19.5. The zero-order chi connectivity index (χ0) is 51.4. The van der Waals surface area contributed by atoms with Crippen LogP contribution < -0.4 is 0 Å². The molecule has 0 saturated carbocycles. The van der Waals surface area contributed by atoms with Gasteiger partial charge in [0, 0.05) is 19.3 Å². The van der Waals surface area contributed by atoms with E-state index in [1.54, 1.807) is 0 Å². The van der Waals surface area contributed by atoms with Crippen LogP contribution in [-0.2, 0) is 28.6 Å². The third-order valence-electron chi connectivity index (χ3n) is 12.6. The van der Waals surface area contributed by atoms with Crippen LogP contribution in [0.2, 0.25) is 0 Å². The van der Waals surface area contributed by atoms with Gasteiger partial charge in [-0.05, 0) is 89.9 Å². The molecule has 6 heteroatoms. The average molecular weight is 988 g/mol. The van der Waals surface area contributed by atoms with Crippen molar-refractivity contribution in [2.24, 2.45) is 0 Å². The van der Waals surface area contributed by atoms with E-state index in [0.717, 1.165) is 103 Å². The van der Waals surface area contributed by atoms with Crippen molar-refractivity contribution in [3.05, 3.63) is 97.2 Å². The Kier molecular flexibility index (Phi) is 55.9. The molecule has 0 aliphatic carbocycles. The standard InChI is InChI=1S/C65H110O6/c1-4-7-10-13-16-19-22-25-28-30-32-34-37-40-43-46-49-52-55-58-64(67)70-61-62(60-69-63(66)57-54-51-48-45-42-39-36-27-24-21-18-15-12-9-6-3)71-65(68)59-56-53-50-47-44-41-38-35-33-31-29-26-23-20-17-14-11-8-5-2/h7,10,16,18-19,21,25,27-28,32,34,36,40,43,49,52,62H,4-6,8-9,11-15,17,20,22-24,26,29-31,33,35,37-39,41-42,44-48,50-51,53-61H2,1-3H3/b10-7-,19-16-,21-18-,28-25-,34-32-,36-27-,43-40-,52-49-/t62-/m0/s1. The summed E-state index contributed by atoms with van der Waals surface area (Å²) in [6.07, 6.45) is 78.4. The van der Waals surface area contributed by atoms with Crippen LogP contribution in [0.3, 0.4) is 0 Å². The van der Waals surface area contributed by atoms with Gasteiger partial charge in [-0.1, -0.05) is 266 Å². The SMILES string of the molecule is CC/C=C\C/C=C\C/C=C\C/C=C\C/C=C\C/C=C\CCC(=O)OC[C@H](COC(=O)CCCCCCC/C=C\C/C=C\CCCCC)OC(=O)CCCCCCCCCCCCCCCCCCCCC. The molecule has 0 heterocycles. The predicted octanol–water partition coefficient (Wildman–Crippen LogP) is 20.1. The summed E-state index contributed by atoms with van der Waals surface area (Å²) in [6.45, 7) is 6.44. The smallest absolute Gasteiger partial charge is 0.306 e. The lowest BCUT2D eigenvalue weighted by molar-refractivity contribution is -0.166. The van der Waals surface area contributed by atoms with Crippen LogP contribution in [0.25, 0.3) is 0 Å². The minimum absolute atomic E-state index is 0.107. The summed E-state index contributed by atoms with van der Waals surface area (Å²) in [6, 6.07) is 0. The normalized spacial score (nSPS) is 12.8. The van der Waals surface area contributed by atoms with Gasteiger partial charge in [0.1, 0.15) is 13.2 Å². The molecule has 0 unspecified atom stereocenters. The van der Waals surface area contributed by atoms with Crippen LogP contribution >= 0.6 is 0 Å². The second kappa shape index (κ2) is 58.9. The summed E-state index contributed by atoms with van der Waals surface area (Å²) < 4.78 is 16.8. The van der Waals surface area contributed by atoms with Crippen molar-refractivity contribution in [2.75, 3.05) is 13.2 Å². The van der Waals surface area contributed by atoms with Gasteiger partial charge in [0.2, 0.25) is 0 Å². The van der Waals surface area contributed by atoms with E-state index in [2.05, 4.69) is 112 Å². The molecular weight excluding hydrogens is 877 g/mol. The van der Waals surface area contributed by atoms with Gasteiger partial charge >= 0.3 is 17.9 Å². The largest absolute Gasteiger partial charge is 0.462 e. The highest BCUT2D eigenvalue weighted by molar-refractivity contribution is 5.71. The molecule has 0 amide bonds. The maximum Gasteiger partial charge on any atom is 0.306 e. The van der Waals surface area contributed by atoms with Gasteiger partial charge in [0.05, 0.1) is 0 Å². The molecule has 0 aliphatic heterocycles. The molecule has 1 atom stereocenters. The molecule has 0 aromatic rings. The Hall–Kier alpha value is -3.67. The fraction of sp³-hybridized carbons (Fsp3) is 0.708. The van der Waals surface area contributed by atoms with Gasteiger partial charge in [-0.3, -0.25) is 14.4 Å². The van der Waals surface area contributed by atoms with E-state index in [1.165, 1.54) is 128 Å². The van der Waals surface area contributed by atoms with Crippen molar-refractivity contribution in [1.82, 2.24) is 0 Å². The minimum atomic E-state index is -0.814. The summed E-state index contributed by atoms with van der Waals surface area (Å²) in [7, 11) is 0. The highest BCUT2D eigenvalue weighted by Crippen LogP contribution is 2.16. The minimum Gasteiger partial charge on any atom is -0.462 e. The number of rotatable bonds is 53. The molecule has 71 heavy (non-hydrogen) atoms. The Morgan fingerprint density at radius 2 is 0.577 bits per heavy atom. The number of allylic oxidation sites excluding steroid dienone is 16. The maximum atomic E-state index is 12.9. The van der Waals surface area contributed by atoms with E-state index in [-0.39, 0.29) is 37.5 Å². The number of hydrogen-bond donors (Lipinski definition) is 0. The fourth-order valence-corrected chi connectivity index (χ4v) is 8.15. The molecule has 0 spiro atoms. The van der Waals surface area contributed by atoms with Crippen molar-refractivity contribution in [3.63, 3.8) is 0 Å². The van der Waals surface area contributed by atoms with Crippen molar-refractivity contribution in [3.8, 4) is 0 Å². The van der Waals surface area contributed by atoms with Crippen LogP contribution in [0.4, 0.5) is 0 Å². The zero-order valence-corrected chi connectivity index (χ0v) is 46.5. The van der Waals surface area contributed by atoms with Crippen molar-refractivity contribution in [2.45, 2.75) is 284 Å². The lowest BCUT2D eigenvalue weighted by Gasteiger charge is -2.18. The van der Waals surface area contributed by atoms with Crippen LogP contribution in [0.15, 0.2) is 97.2 Å². The van der Waals surface area contributed by atoms with Crippen LogP contribution in [-0.4, -0.2) is 37.2 Å². The molecule has 6 nitrogen and oxygen atoms in total. The fourth-order valence-electron chi connectivity index (χ4n) is 8.15. The quantitative estimate of drug-likeness (QED) is 0.0261. The number of carbonyl (C=O) groups is 3. The molecular formula is C65H110O6. The van der Waals surface area contributed by atoms with Crippen LogP contribution in [0, 0.1) is 0 Å². The first-order chi connectivity index (χ1) is 35.0. The molecule has 0 aliphatic rings. The van der Waals surface area contributed by atoms with Crippen molar-refractivity contribution < 1.29 is 28.6 Å². The van der Waals surface area contributed by atoms with E-state index < -0.39 is 6.10 Å². The van der Waals surface area contributed by atoms with Crippen LogP contribution in [0.1, 0.15) is 278 Å². The van der Waals surface area contributed by atoms with Gasteiger partial charge < -0.3 is 14.2 Å². The van der Waals surface area contributed by atoms with Gasteiger partial charge in [0.15, 0.2) is 6.10 Å². The lowest BCUT2D eigenvalue weighted by atomic mass is 10.0. The highest BCUT2D eigenvalue weighted by Gasteiger charge is 2.19. The van der Waals surface area contributed by atoms with E-state index in [1.807, 2.05) is 6.08 Å². The van der Waals surface area contributed by atoms with E-state index in [4.69, 9.17) is 14.2 Å². The maximum absolute atomic E-state index is 12.9. The predicted molar refractivity (Wildman–Crippen MR) is 307 cm³/mol. The Bertz CT molecular complexity index is 1410. The topological polar surface area (TPSA) is 78.9 Å². The van der Waals surface area contributed by atoms with E-state index in [0.29, 0.717) is 19.3 Å². The highest BCUT2D eigenvalue weighted by atomic mass is 16.6. The third-order valence-corrected chi connectivity index (χ3v) is 12.6. The average Bonchev–Trinajstić information content (AvgIpc) is 3.37. The Labute approximate surface area is 438 Å². The summed E-state index contributed by atoms with van der Waals surface area (Å²) >= 11 is 0. The first kappa shape index (κ1) is 67.3. The number of carbonyl (C=O) groups excluding carboxylic acids is 3. The monoisotopic (exact) mass is 987 g/mol. The summed E-state index contributed by atoms with van der Waals surface area (Å²) in [4.78, 5) is 38.2. The van der Waals surface area contributed by atoms with E-state index in [9.17, 15) is 14.4 Å². The lowest BCUT2D eigenvalue weighted by Crippen LogP contribution is -2.30. The van der Waals surface area contributed by atoms with Gasteiger partial charge in [0.25, 0.3) is 0 Å². The van der Waals surface area contributed by atoms with Crippen molar-refractivity contribution >= 4 is 17.9 Å². The molecule has 0 aromatic heterocycles. The third kappa shape index (κ3) is 57.1. The molecule has 0 aromatic carbocycles. The number of unbranched alkanes of at least 4 members (excludes halogenated alkanes) is 26. The van der Waals surface area contributed by atoms with E-state index >= 15 is 0 Å². The van der Waals surface area contributed by atoms with Gasteiger partial charge in [-0.15, -0.1) is 0 Å². The molecule has 0 radical (unpaired) electrons. The van der Waals surface area contributed by atoms with Crippen molar-refractivity contribution in [1.29, 1.82) is 0 Å². The summed E-state index contributed by atoms with van der Waals surface area (Å²) in [5.41, 5.74) is 0. The molecule has 0 N–H and O–H groups in total. The van der Waals surface area contributed by atoms with Gasteiger partial charge in [-0.25, -0.2) is 0 Å². The first-order valence-corrected chi connectivity index (χ1v) is 29.7. The molecule has 0 rings (SSSR count). The summed E-state index contributed by atoms with van der Waals surface area (Å²) in [5.74, 6) is -0.999. The van der Waals surface area contributed by atoms with Crippen LogP contribution in [0.5, 0.6) is 0 Å². The number of ether oxygens (including phenoxy) is 3. The Morgan fingerprint density at radius 1 is 0.296 bits per heavy atom. The Morgan fingerprint density at radius 3 is 0.972 bits per heavy atom. The van der Waals surface area contributed by atoms with Gasteiger partial charge in [-0.2, -0.15) is 0 Å². The summed E-state index contributed by atoms with van der Waals surface area (Å²) in [5, 5.41) is 0. The second-order valence-corrected chi connectivity index (χ2v) is 19.5. The molecule has 0 fully saturated rings. The molecule has 0 saturated heterocycles. The number of esters is 3. The Balaban J connectivity index is 4.49. The molecule has 406 valence electrons. The first-order valence-electron chi connectivity index (χ1n) is 29.7. The number of hydrogen-bond acceptors (Lipinski definition) is 6. The molecule has 0 bridgehead atoms. The zero-order valence-electron chi connectivity index (χ0n) is 46.5.